The van der Waals surface area contributed by atoms with Crippen molar-refractivity contribution in [2.75, 3.05) is 11.1 Å². The molecule has 8 heteroatoms. The molecule has 1 aromatic heterocycles. The monoisotopic (exact) mass is 466 g/mol. The lowest BCUT2D eigenvalue weighted by Crippen LogP contribution is -2.30. The highest BCUT2D eigenvalue weighted by Gasteiger charge is 2.19. The third-order valence-corrected chi connectivity index (χ3v) is 5.37. The van der Waals surface area contributed by atoms with E-state index < -0.39 is 12.0 Å². The van der Waals surface area contributed by atoms with Crippen LogP contribution in [0.15, 0.2) is 54.7 Å². The first-order valence-electron chi connectivity index (χ1n) is 10.6. The van der Waals surface area contributed by atoms with Crippen LogP contribution in [-0.4, -0.2) is 27.9 Å². The minimum atomic E-state index is -1.31. The van der Waals surface area contributed by atoms with Gasteiger partial charge in [-0.05, 0) is 49.6 Å². The summed E-state index contributed by atoms with van der Waals surface area (Å²) in [4.78, 5) is 29.1. The summed E-state index contributed by atoms with van der Waals surface area (Å²) in [6.45, 7) is 5.71. The third-order valence-electron chi connectivity index (χ3n) is 5.05. The van der Waals surface area contributed by atoms with Crippen LogP contribution in [0.1, 0.15) is 48.4 Å². The van der Waals surface area contributed by atoms with E-state index in [-0.39, 0.29) is 23.3 Å². The van der Waals surface area contributed by atoms with Gasteiger partial charge >= 0.3 is 0 Å². The number of pyridine rings is 1. The number of nitrogens with zero attached hydrogens (tertiary/aromatic N) is 1. The number of nitrogens with two attached hydrogens (primary N) is 1. The summed E-state index contributed by atoms with van der Waals surface area (Å²) < 4.78 is 0. The average Bonchev–Trinajstić information content (AvgIpc) is 2.78. The molecule has 172 valence electrons. The van der Waals surface area contributed by atoms with Gasteiger partial charge < -0.3 is 21.5 Å². The lowest BCUT2D eigenvalue weighted by molar-refractivity contribution is -0.124. The largest absolute Gasteiger partial charge is 0.383 e. The number of aromatic nitrogens is 1. The van der Waals surface area contributed by atoms with Gasteiger partial charge in [-0.25, -0.2) is 4.98 Å². The van der Waals surface area contributed by atoms with Gasteiger partial charge in [-0.15, -0.1) is 0 Å². The van der Waals surface area contributed by atoms with Crippen LogP contribution >= 0.6 is 11.6 Å². The van der Waals surface area contributed by atoms with Crippen molar-refractivity contribution >= 4 is 34.9 Å². The highest BCUT2D eigenvalue weighted by molar-refractivity contribution is 6.33. The predicted molar refractivity (Wildman–Crippen MR) is 131 cm³/mol. The number of anilines is 2. The Balaban J connectivity index is 1.80. The van der Waals surface area contributed by atoms with Crippen LogP contribution in [0.3, 0.4) is 0 Å². The van der Waals surface area contributed by atoms with Gasteiger partial charge in [0.1, 0.15) is 5.82 Å². The molecule has 0 saturated carbocycles. The number of amides is 2. The number of hydrogen-bond acceptors (Lipinski definition) is 5. The number of aliphatic hydroxyl groups is 1. The fourth-order valence-electron chi connectivity index (χ4n) is 3.32. The van der Waals surface area contributed by atoms with Crippen molar-refractivity contribution in [2.45, 2.75) is 39.3 Å². The van der Waals surface area contributed by atoms with Crippen molar-refractivity contribution in [1.29, 1.82) is 0 Å². The van der Waals surface area contributed by atoms with E-state index >= 15 is 0 Å². The molecule has 0 spiro atoms. The van der Waals surface area contributed by atoms with Crippen LogP contribution in [0.2, 0.25) is 5.02 Å². The molecule has 0 bridgehead atoms. The highest BCUT2D eigenvalue weighted by Crippen LogP contribution is 2.32. The van der Waals surface area contributed by atoms with Crippen LogP contribution in [0.5, 0.6) is 0 Å². The lowest BCUT2D eigenvalue weighted by Gasteiger charge is -2.14. The summed E-state index contributed by atoms with van der Waals surface area (Å²) in [6, 6.07) is 13.8. The number of nitrogen functional groups attached to an aromatic ring is 1. The Morgan fingerprint density at radius 1 is 1.15 bits per heavy atom. The Kier molecular flexibility index (Phi) is 7.68. The van der Waals surface area contributed by atoms with Crippen LogP contribution in [0, 0.1) is 0 Å². The van der Waals surface area contributed by atoms with Crippen molar-refractivity contribution < 1.29 is 14.7 Å². The van der Waals surface area contributed by atoms with Gasteiger partial charge in [0.15, 0.2) is 6.10 Å². The fourth-order valence-corrected chi connectivity index (χ4v) is 3.61. The van der Waals surface area contributed by atoms with E-state index in [1.165, 1.54) is 6.20 Å². The zero-order valence-electron chi connectivity index (χ0n) is 18.7. The summed E-state index contributed by atoms with van der Waals surface area (Å²) >= 11 is 6.47. The molecule has 1 heterocycles. The number of halogens is 1. The van der Waals surface area contributed by atoms with Gasteiger partial charge in [-0.2, -0.15) is 0 Å². The molecule has 0 aliphatic rings. The molecule has 33 heavy (non-hydrogen) atoms. The number of carbonyl (C=O) groups excluding carboxylic acids is 2. The maximum Gasteiger partial charge on any atom is 0.257 e. The summed E-state index contributed by atoms with van der Waals surface area (Å²) in [5.74, 6) is -0.759. The Morgan fingerprint density at radius 3 is 2.58 bits per heavy atom. The molecule has 3 aromatic rings. The third kappa shape index (κ3) is 5.88. The van der Waals surface area contributed by atoms with E-state index in [4.69, 9.17) is 17.3 Å². The van der Waals surface area contributed by atoms with E-state index in [1.807, 2.05) is 32.9 Å². The standard InChI is InChI=1S/C25H27ClN4O3/c1-4-15-6-5-7-16(10-15)22(31)25(33)30-18-8-9-19(21(26)12-18)17-11-20(23(27)28-13-17)24(32)29-14(2)3/h5-14,22,31H,4H2,1-3H3,(H2,27,28)(H,29,32)(H,30,33)/t22-/m0/s1. The van der Waals surface area contributed by atoms with Gasteiger partial charge in [0, 0.05) is 29.1 Å². The smallest absolute Gasteiger partial charge is 0.257 e. The molecule has 3 rings (SSSR count). The Morgan fingerprint density at radius 2 is 1.91 bits per heavy atom. The molecule has 0 saturated heterocycles. The highest BCUT2D eigenvalue weighted by atomic mass is 35.5. The van der Waals surface area contributed by atoms with Crippen LogP contribution in [0.4, 0.5) is 11.5 Å². The first-order chi connectivity index (χ1) is 15.7. The average molecular weight is 467 g/mol. The predicted octanol–water partition coefficient (Wildman–Crippen LogP) is 4.36. The van der Waals surface area contributed by atoms with E-state index in [2.05, 4.69) is 15.6 Å². The number of aryl methyl sites for hydroxylation is 1. The fraction of sp³-hybridized carbons (Fsp3) is 0.240. The molecule has 5 N–H and O–H groups in total. The first kappa shape index (κ1) is 24.2. The minimum Gasteiger partial charge on any atom is -0.383 e. The maximum atomic E-state index is 12.6. The minimum absolute atomic E-state index is 0.0492. The quantitative estimate of drug-likeness (QED) is 0.412. The van der Waals surface area contributed by atoms with Crippen molar-refractivity contribution in [1.82, 2.24) is 10.3 Å². The maximum absolute atomic E-state index is 12.6. The zero-order chi connectivity index (χ0) is 24.1. The van der Waals surface area contributed by atoms with E-state index in [0.717, 1.165) is 12.0 Å². The number of carbonyl (C=O) groups is 2. The van der Waals surface area contributed by atoms with Crippen molar-refractivity contribution in [3.63, 3.8) is 0 Å². The molecule has 0 unspecified atom stereocenters. The van der Waals surface area contributed by atoms with Crippen molar-refractivity contribution in [3.05, 3.63) is 76.4 Å². The van der Waals surface area contributed by atoms with Gasteiger partial charge in [0.2, 0.25) is 0 Å². The number of hydrogen-bond donors (Lipinski definition) is 4. The second-order valence-corrected chi connectivity index (χ2v) is 8.38. The number of benzene rings is 2. The Labute approximate surface area is 198 Å². The molecule has 7 nitrogen and oxygen atoms in total. The van der Waals surface area contributed by atoms with Gasteiger partial charge in [0.05, 0.1) is 10.6 Å². The molecule has 0 fully saturated rings. The SMILES string of the molecule is CCc1cccc([C@H](O)C(=O)Nc2ccc(-c3cnc(N)c(C(=O)NC(C)C)c3)c(Cl)c2)c1. The zero-order valence-corrected chi connectivity index (χ0v) is 19.5. The van der Waals surface area contributed by atoms with Crippen molar-refractivity contribution in [3.8, 4) is 11.1 Å². The molecule has 0 aliphatic carbocycles. The second-order valence-electron chi connectivity index (χ2n) is 7.97. The van der Waals surface area contributed by atoms with Crippen LogP contribution < -0.4 is 16.4 Å². The topological polar surface area (TPSA) is 117 Å². The summed E-state index contributed by atoms with van der Waals surface area (Å²) in [6.07, 6.45) is 1.03. The second kappa shape index (κ2) is 10.5. The molecule has 2 amide bonds. The molecule has 2 aromatic carbocycles. The van der Waals surface area contributed by atoms with Crippen LogP contribution in [0.25, 0.3) is 11.1 Å². The lowest BCUT2D eigenvalue weighted by atomic mass is 10.0. The molecule has 0 radical (unpaired) electrons. The van der Waals surface area contributed by atoms with E-state index in [0.29, 0.717) is 27.4 Å². The van der Waals surface area contributed by atoms with E-state index in [9.17, 15) is 14.7 Å². The molecular formula is C25H27ClN4O3. The molecule has 0 aliphatic heterocycles. The summed E-state index contributed by atoms with van der Waals surface area (Å²) in [7, 11) is 0. The molecular weight excluding hydrogens is 440 g/mol. The normalized spacial score (nSPS) is 11.8. The van der Waals surface area contributed by atoms with Crippen LogP contribution in [-0.2, 0) is 11.2 Å². The Bertz CT molecular complexity index is 1180. The van der Waals surface area contributed by atoms with E-state index in [1.54, 1.807) is 36.4 Å². The first-order valence-corrected chi connectivity index (χ1v) is 11.0. The summed E-state index contributed by atoms with van der Waals surface area (Å²) in [5.41, 5.74) is 9.35. The Hall–Kier alpha value is -3.42. The number of nitrogens with one attached hydrogen (secondary N) is 2. The van der Waals surface area contributed by atoms with Gasteiger partial charge in [0.25, 0.3) is 11.8 Å². The number of rotatable bonds is 7. The molecule has 1 atom stereocenters. The summed E-state index contributed by atoms with van der Waals surface area (Å²) in [5, 5.41) is 16.3. The van der Waals surface area contributed by atoms with Crippen molar-refractivity contribution in [2.24, 2.45) is 0 Å². The van der Waals surface area contributed by atoms with Gasteiger partial charge in [-0.1, -0.05) is 48.9 Å². The number of aliphatic hydroxyl groups excluding tert-OH is 1. The van der Waals surface area contributed by atoms with Gasteiger partial charge in [-0.3, -0.25) is 9.59 Å².